The van der Waals surface area contributed by atoms with Crippen LogP contribution in [0.5, 0.6) is 17.2 Å². The van der Waals surface area contributed by atoms with Gasteiger partial charge in [-0.05, 0) is 48.9 Å². The molecule has 0 atom stereocenters. The van der Waals surface area contributed by atoms with Crippen LogP contribution in [-0.4, -0.2) is 25.0 Å². The van der Waals surface area contributed by atoms with Crippen molar-refractivity contribution in [2.75, 3.05) is 13.2 Å². The Morgan fingerprint density at radius 2 is 1.80 bits per heavy atom. The van der Waals surface area contributed by atoms with E-state index in [0.29, 0.717) is 41.0 Å². The first-order chi connectivity index (χ1) is 12.0. The average molecular weight is 361 g/mol. The fourth-order valence-electron chi connectivity index (χ4n) is 2.48. The molecule has 0 saturated carbocycles. The van der Waals surface area contributed by atoms with Gasteiger partial charge in [0, 0.05) is 17.0 Å². The van der Waals surface area contributed by atoms with Crippen LogP contribution in [0.4, 0.5) is 0 Å². The van der Waals surface area contributed by atoms with Gasteiger partial charge in [0.1, 0.15) is 19.0 Å². The van der Waals surface area contributed by atoms with E-state index >= 15 is 0 Å². The Kier molecular flexibility index (Phi) is 5.24. The monoisotopic (exact) mass is 360 g/mol. The summed E-state index contributed by atoms with van der Waals surface area (Å²) < 4.78 is 16.2. The van der Waals surface area contributed by atoms with Crippen molar-refractivity contribution in [2.24, 2.45) is 0 Å². The van der Waals surface area contributed by atoms with Gasteiger partial charge in [-0.1, -0.05) is 11.6 Å². The summed E-state index contributed by atoms with van der Waals surface area (Å²) >= 11 is 5.87. The normalized spacial score (nSPS) is 12.6. The Morgan fingerprint density at radius 3 is 2.56 bits per heavy atom. The molecule has 25 heavy (non-hydrogen) atoms. The van der Waals surface area contributed by atoms with Crippen LogP contribution in [0.15, 0.2) is 36.4 Å². The molecule has 0 fully saturated rings. The molecule has 0 radical (unpaired) electrons. The molecule has 0 N–H and O–H groups in total. The van der Waals surface area contributed by atoms with Crippen LogP contribution in [0.2, 0.25) is 5.02 Å². The lowest BCUT2D eigenvalue weighted by atomic mass is 10.1. The van der Waals surface area contributed by atoms with E-state index in [0.717, 1.165) is 5.56 Å². The van der Waals surface area contributed by atoms with Crippen LogP contribution in [0.1, 0.15) is 28.8 Å². The molecule has 3 rings (SSSR count). The number of esters is 1. The van der Waals surface area contributed by atoms with Gasteiger partial charge in [-0.25, -0.2) is 0 Å². The quantitative estimate of drug-likeness (QED) is 0.458. The third kappa shape index (κ3) is 4.31. The number of fused-ring (bicyclic) bond motifs is 1. The summed E-state index contributed by atoms with van der Waals surface area (Å²) in [5, 5.41) is 0.575. The topological polar surface area (TPSA) is 61.8 Å². The lowest BCUT2D eigenvalue weighted by Gasteiger charge is -2.18. The molecule has 0 unspecified atom stereocenters. The predicted molar refractivity (Wildman–Crippen MR) is 92.8 cm³/mol. The minimum absolute atomic E-state index is 0.00462. The number of ether oxygens (including phenoxy) is 3. The summed E-state index contributed by atoms with van der Waals surface area (Å²) in [4.78, 5) is 24.2. The van der Waals surface area contributed by atoms with Crippen LogP contribution in [0.3, 0.4) is 0 Å². The summed E-state index contributed by atoms with van der Waals surface area (Å²) in [5.41, 5.74) is 1.25. The van der Waals surface area contributed by atoms with Gasteiger partial charge < -0.3 is 14.2 Å². The summed E-state index contributed by atoms with van der Waals surface area (Å²) in [6, 6.07) is 10.0. The Morgan fingerprint density at radius 1 is 1.04 bits per heavy atom. The van der Waals surface area contributed by atoms with Crippen molar-refractivity contribution in [3.8, 4) is 17.2 Å². The molecule has 0 aliphatic carbocycles. The lowest BCUT2D eigenvalue weighted by molar-refractivity contribution is -0.134. The van der Waals surface area contributed by atoms with E-state index in [1.165, 1.54) is 0 Å². The number of hydrogen-bond acceptors (Lipinski definition) is 5. The molecule has 6 heteroatoms. The van der Waals surface area contributed by atoms with Crippen LogP contribution in [0, 0.1) is 6.92 Å². The highest BCUT2D eigenvalue weighted by molar-refractivity contribution is 6.30. The number of carbonyl (C=O) groups is 2. The highest BCUT2D eigenvalue weighted by atomic mass is 35.5. The molecule has 0 amide bonds. The second-order valence-electron chi connectivity index (χ2n) is 5.67. The third-order valence-corrected chi connectivity index (χ3v) is 4.02. The minimum atomic E-state index is -0.462. The number of ketones is 1. The Hall–Kier alpha value is -2.53. The molecular weight excluding hydrogens is 344 g/mol. The highest BCUT2D eigenvalue weighted by Crippen LogP contribution is 2.31. The van der Waals surface area contributed by atoms with Crippen LogP contribution in [-0.2, 0) is 4.79 Å². The van der Waals surface area contributed by atoms with E-state index in [-0.39, 0.29) is 18.6 Å². The summed E-state index contributed by atoms with van der Waals surface area (Å²) in [7, 11) is 0. The number of aryl methyl sites for hydroxylation is 1. The second kappa shape index (κ2) is 7.57. The first kappa shape index (κ1) is 17.3. The zero-order valence-corrected chi connectivity index (χ0v) is 14.5. The van der Waals surface area contributed by atoms with E-state index in [2.05, 4.69) is 0 Å². The first-order valence-electron chi connectivity index (χ1n) is 7.92. The SMILES string of the molecule is Cc1cc(Cl)ccc1OC(=O)CCC(=O)c1ccc2c(c1)OCCO2. The number of benzene rings is 2. The standard InChI is InChI=1S/C19H17ClO5/c1-12-10-14(20)3-6-16(12)25-19(22)7-4-15(21)13-2-5-17-18(11-13)24-9-8-23-17/h2-3,5-6,10-11H,4,7-9H2,1H3. The van der Waals surface area contributed by atoms with Gasteiger partial charge in [0.05, 0.1) is 6.42 Å². The Balaban J connectivity index is 1.57. The van der Waals surface area contributed by atoms with Crippen molar-refractivity contribution in [2.45, 2.75) is 19.8 Å². The molecule has 2 aromatic rings. The molecule has 0 bridgehead atoms. The molecule has 1 heterocycles. The summed E-state index contributed by atoms with van der Waals surface area (Å²) in [6.07, 6.45) is 0.0560. The Bertz CT molecular complexity index is 815. The molecule has 0 spiro atoms. The Labute approximate surface area is 150 Å². The molecule has 5 nitrogen and oxygen atoms in total. The predicted octanol–water partition coefficient (Wildman–Crippen LogP) is 3.99. The molecule has 130 valence electrons. The minimum Gasteiger partial charge on any atom is -0.486 e. The van der Waals surface area contributed by atoms with Gasteiger partial charge >= 0.3 is 5.97 Å². The lowest BCUT2D eigenvalue weighted by Crippen LogP contribution is -2.16. The van der Waals surface area contributed by atoms with Gasteiger partial charge in [0.15, 0.2) is 17.3 Å². The molecule has 0 saturated heterocycles. The largest absolute Gasteiger partial charge is 0.486 e. The van der Waals surface area contributed by atoms with Crippen LogP contribution < -0.4 is 14.2 Å². The third-order valence-electron chi connectivity index (χ3n) is 3.78. The highest BCUT2D eigenvalue weighted by Gasteiger charge is 2.16. The maximum Gasteiger partial charge on any atom is 0.311 e. The van der Waals surface area contributed by atoms with Crippen molar-refractivity contribution in [1.29, 1.82) is 0 Å². The van der Waals surface area contributed by atoms with E-state index in [4.69, 9.17) is 25.8 Å². The van der Waals surface area contributed by atoms with Gasteiger partial charge in [0.25, 0.3) is 0 Å². The molecule has 1 aliphatic heterocycles. The average Bonchev–Trinajstić information content (AvgIpc) is 2.61. The van der Waals surface area contributed by atoms with E-state index in [1.807, 2.05) is 0 Å². The van der Waals surface area contributed by atoms with Crippen LogP contribution >= 0.6 is 11.6 Å². The van der Waals surface area contributed by atoms with Crippen molar-refractivity contribution in [3.05, 3.63) is 52.5 Å². The summed E-state index contributed by atoms with van der Waals surface area (Å²) in [5.74, 6) is 1.01. The van der Waals surface area contributed by atoms with Crippen molar-refractivity contribution >= 4 is 23.4 Å². The van der Waals surface area contributed by atoms with Crippen molar-refractivity contribution < 1.29 is 23.8 Å². The number of Topliss-reactive ketones (excluding diaryl/α,β-unsaturated/α-hetero) is 1. The maximum absolute atomic E-state index is 12.3. The number of rotatable bonds is 5. The fourth-order valence-corrected chi connectivity index (χ4v) is 2.70. The van der Waals surface area contributed by atoms with E-state index < -0.39 is 5.97 Å². The smallest absolute Gasteiger partial charge is 0.311 e. The van der Waals surface area contributed by atoms with Gasteiger partial charge in [0.2, 0.25) is 0 Å². The number of halogens is 1. The number of hydrogen-bond donors (Lipinski definition) is 0. The molecule has 2 aromatic carbocycles. The molecule has 1 aliphatic rings. The molecular formula is C19H17ClO5. The second-order valence-corrected chi connectivity index (χ2v) is 6.10. The summed E-state index contributed by atoms with van der Waals surface area (Å²) in [6.45, 7) is 2.75. The van der Waals surface area contributed by atoms with Gasteiger partial charge in [-0.15, -0.1) is 0 Å². The fraction of sp³-hybridized carbons (Fsp3) is 0.263. The maximum atomic E-state index is 12.3. The zero-order valence-electron chi connectivity index (χ0n) is 13.7. The van der Waals surface area contributed by atoms with Crippen molar-refractivity contribution in [3.63, 3.8) is 0 Å². The zero-order chi connectivity index (χ0) is 17.8. The van der Waals surface area contributed by atoms with E-state index in [1.54, 1.807) is 43.3 Å². The first-order valence-corrected chi connectivity index (χ1v) is 8.30. The molecule has 0 aromatic heterocycles. The van der Waals surface area contributed by atoms with Crippen LogP contribution in [0.25, 0.3) is 0 Å². The van der Waals surface area contributed by atoms with E-state index in [9.17, 15) is 9.59 Å². The van der Waals surface area contributed by atoms with Gasteiger partial charge in [-0.3, -0.25) is 9.59 Å². The van der Waals surface area contributed by atoms with Crippen molar-refractivity contribution in [1.82, 2.24) is 0 Å². The van der Waals surface area contributed by atoms with Gasteiger partial charge in [-0.2, -0.15) is 0 Å². The number of carbonyl (C=O) groups excluding carboxylic acids is 2.